The third-order valence-corrected chi connectivity index (χ3v) is 4.28. The third-order valence-electron chi connectivity index (χ3n) is 4.28. The van der Waals surface area contributed by atoms with Crippen molar-refractivity contribution < 1.29 is 14.3 Å². The summed E-state index contributed by atoms with van der Waals surface area (Å²) >= 11 is 0. The maximum absolute atomic E-state index is 12.4. The van der Waals surface area contributed by atoms with Crippen LogP contribution in [-0.2, 0) is 11.2 Å². The highest BCUT2D eigenvalue weighted by molar-refractivity contribution is 5.80. The second kappa shape index (κ2) is 6.22. The summed E-state index contributed by atoms with van der Waals surface area (Å²) in [6, 6.07) is 3.73. The lowest BCUT2D eigenvalue weighted by molar-refractivity contribution is -0.129. The molecule has 0 aromatic carbocycles. The Balaban J connectivity index is 2.15. The van der Waals surface area contributed by atoms with E-state index in [0.717, 1.165) is 37.2 Å². The first kappa shape index (κ1) is 16.1. The van der Waals surface area contributed by atoms with Crippen molar-refractivity contribution in [2.45, 2.75) is 65.5 Å². The fourth-order valence-electron chi connectivity index (χ4n) is 2.95. The van der Waals surface area contributed by atoms with Crippen molar-refractivity contribution in [2.75, 3.05) is 0 Å². The molecule has 1 saturated carbocycles. The Labute approximate surface area is 126 Å². The molecule has 1 fully saturated rings. The van der Waals surface area contributed by atoms with Crippen LogP contribution in [0.5, 0.6) is 0 Å². The minimum Gasteiger partial charge on any atom is -0.464 e. The van der Waals surface area contributed by atoms with E-state index >= 15 is 0 Å². The standard InChI is InChI=1S/C17H27NO3/c1-5-11-9-10-14(21-11)15(17(2,3)4)18-16(20)12-7-6-8-13(12)19/h9-10,12-13,15,19H,5-8H2,1-4H3,(H,18,20). The van der Waals surface area contributed by atoms with Crippen LogP contribution in [0.2, 0.25) is 0 Å². The van der Waals surface area contributed by atoms with Crippen LogP contribution in [0.15, 0.2) is 16.5 Å². The van der Waals surface area contributed by atoms with Crippen molar-refractivity contribution in [1.82, 2.24) is 5.32 Å². The van der Waals surface area contributed by atoms with Crippen LogP contribution in [-0.4, -0.2) is 17.1 Å². The number of amides is 1. The van der Waals surface area contributed by atoms with Gasteiger partial charge in [0.25, 0.3) is 0 Å². The van der Waals surface area contributed by atoms with Crippen LogP contribution in [0.1, 0.15) is 64.5 Å². The molecule has 0 radical (unpaired) electrons. The van der Waals surface area contributed by atoms with Gasteiger partial charge in [-0.25, -0.2) is 0 Å². The summed E-state index contributed by atoms with van der Waals surface area (Å²) in [5.74, 6) is 1.37. The number of aliphatic hydroxyl groups excluding tert-OH is 1. The van der Waals surface area contributed by atoms with Crippen molar-refractivity contribution >= 4 is 5.91 Å². The van der Waals surface area contributed by atoms with Gasteiger partial charge in [0.2, 0.25) is 5.91 Å². The second-order valence-electron chi connectivity index (χ2n) is 7.07. The SMILES string of the molecule is CCc1ccc(C(NC(=O)C2CCCC2O)C(C)(C)C)o1. The molecule has 4 heteroatoms. The van der Waals surface area contributed by atoms with E-state index in [4.69, 9.17) is 4.42 Å². The molecule has 2 N–H and O–H groups in total. The van der Waals surface area contributed by atoms with Gasteiger partial charge in [-0.2, -0.15) is 0 Å². The number of nitrogens with one attached hydrogen (secondary N) is 1. The minimum atomic E-state index is -0.506. The Hall–Kier alpha value is -1.29. The van der Waals surface area contributed by atoms with Crippen LogP contribution in [0.3, 0.4) is 0 Å². The summed E-state index contributed by atoms with van der Waals surface area (Å²) in [6.45, 7) is 8.29. The highest BCUT2D eigenvalue weighted by atomic mass is 16.3. The van der Waals surface area contributed by atoms with Crippen LogP contribution in [0.4, 0.5) is 0 Å². The summed E-state index contributed by atoms with van der Waals surface area (Å²) in [5, 5.41) is 13.0. The van der Waals surface area contributed by atoms with Crippen molar-refractivity contribution in [3.8, 4) is 0 Å². The summed E-state index contributed by atoms with van der Waals surface area (Å²) < 4.78 is 5.83. The molecule has 0 bridgehead atoms. The van der Waals surface area contributed by atoms with E-state index in [1.54, 1.807) is 0 Å². The molecule has 0 spiro atoms. The quantitative estimate of drug-likeness (QED) is 0.896. The zero-order chi connectivity index (χ0) is 15.6. The highest BCUT2D eigenvalue weighted by Gasteiger charge is 2.36. The summed E-state index contributed by atoms with van der Waals surface area (Å²) in [7, 11) is 0. The lowest BCUT2D eigenvalue weighted by Crippen LogP contribution is -2.41. The van der Waals surface area contributed by atoms with E-state index in [9.17, 15) is 9.90 Å². The number of rotatable bonds is 4. The molecule has 4 nitrogen and oxygen atoms in total. The lowest BCUT2D eigenvalue weighted by atomic mass is 9.84. The normalized spacial score (nSPS) is 24.0. The average molecular weight is 293 g/mol. The first-order valence-corrected chi connectivity index (χ1v) is 7.90. The predicted molar refractivity (Wildman–Crippen MR) is 81.8 cm³/mol. The maximum Gasteiger partial charge on any atom is 0.226 e. The molecule has 1 aromatic rings. The van der Waals surface area contributed by atoms with Gasteiger partial charge in [0.1, 0.15) is 11.5 Å². The Kier molecular flexibility index (Phi) is 4.77. The first-order valence-electron chi connectivity index (χ1n) is 7.90. The summed E-state index contributed by atoms with van der Waals surface area (Å²) in [4.78, 5) is 12.4. The zero-order valence-corrected chi connectivity index (χ0v) is 13.5. The number of carbonyl (C=O) groups excluding carboxylic acids is 1. The monoisotopic (exact) mass is 293 g/mol. The Morgan fingerprint density at radius 1 is 1.43 bits per heavy atom. The molecule has 1 aromatic heterocycles. The molecular weight excluding hydrogens is 266 g/mol. The van der Waals surface area contributed by atoms with Gasteiger partial charge in [0.15, 0.2) is 0 Å². The topological polar surface area (TPSA) is 62.5 Å². The Morgan fingerprint density at radius 2 is 2.14 bits per heavy atom. The van der Waals surface area contributed by atoms with Crippen molar-refractivity contribution in [3.63, 3.8) is 0 Å². The maximum atomic E-state index is 12.4. The van der Waals surface area contributed by atoms with E-state index in [1.165, 1.54) is 0 Å². The number of aliphatic hydroxyl groups is 1. The summed E-state index contributed by atoms with van der Waals surface area (Å²) in [6.07, 6.45) is 2.74. The average Bonchev–Trinajstić information content (AvgIpc) is 3.02. The number of aryl methyl sites for hydroxylation is 1. The molecule has 1 heterocycles. The molecular formula is C17H27NO3. The van der Waals surface area contributed by atoms with E-state index in [1.807, 2.05) is 19.1 Å². The van der Waals surface area contributed by atoms with Crippen molar-refractivity contribution in [3.05, 3.63) is 23.7 Å². The fourth-order valence-corrected chi connectivity index (χ4v) is 2.95. The fraction of sp³-hybridized carbons (Fsp3) is 0.706. The van der Waals surface area contributed by atoms with Gasteiger partial charge in [-0.15, -0.1) is 0 Å². The zero-order valence-electron chi connectivity index (χ0n) is 13.5. The largest absolute Gasteiger partial charge is 0.464 e. The van der Waals surface area contributed by atoms with E-state index in [0.29, 0.717) is 0 Å². The smallest absolute Gasteiger partial charge is 0.226 e. The number of hydrogen-bond acceptors (Lipinski definition) is 3. The molecule has 1 aliphatic rings. The summed E-state index contributed by atoms with van der Waals surface area (Å²) in [5.41, 5.74) is -0.151. The number of furan rings is 1. The van der Waals surface area contributed by atoms with Gasteiger partial charge in [-0.05, 0) is 36.8 Å². The van der Waals surface area contributed by atoms with Gasteiger partial charge < -0.3 is 14.8 Å². The molecule has 2 rings (SSSR count). The van der Waals surface area contributed by atoms with Crippen molar-refractivity contribution in [1.29, 1.82) is 0 Å². The van der Waals surface area contributed by atoms with Crippen molar-refractivity contribution in [2.24, 2.45) is 11.3 Å². The van der Waals surface area contributed by atoms with Crippen LogP contribution >= 0.6 is 0 Å². The molecule has 1 aliphatic carbocycles. The minimum absolute atomic E-state index is 0.0608. The van der Waals surface area contributed by atoms with Gasteiger partial charge in [0.05, 0.1) is 18.1 Å². The number of carbonyl (C=O) groups is 1. The molecule has 21 heavy (non-hydrogen) atoms. The van der Waals surface area contributed by atoms with Gasteiger partial charge in [0, 0.05) is 6.42 Å². The van der Waals surface area contributed by atoms with Gasteiger partial charge in [-0.3, -0.25) is 4.79 Å². The van der Waals surface area contributed by atoms with Gasteiger partial charge in [-0.1, -0.05) is 27.7 Å². The van der Waals surface area contributed by atoms with Crippen LogP contribution in [0, 0.1) is 11.3 Å². The molecule has 3 unspecified atom stereocenters. The molecule has 3 atom stereocenters. The molecule has 1 amide bonds. The van der Waals surface area contributed by atoms with E-state index < -0.39 is 6.10 Å². The molecule has 0 saturated heterocycles. The number of hydrogen-bond donors (Lipinski definition) is 2. The Morgan fingerprint density at radius 3 is 2.62 bits per heavy atom. The predicted octanol–water partition coefficient (Wildman–Crippen LogP) is 3.21. The first-order chi connectivity index (χ1) is 9.82. The lowest BCUT2D eigenvalue weighted by Gasteiger charge is -2.31. The second-order valence-corrected chi connectivity index (χ2v) is 7.07. The third kappa shape index (κ3) is 3.67. The molecule has 0 aliphatic heterocycles. The van der Waals surface area contributed by atoms with E-state index in [-0.39, 0.29) is 23.3 Å². The molecule has 118 valence electrons. The van der Waals surface area contributed by atoms with Gasteiger partial charge >= 0.3 is 0 Å². The van der Waals surface area contributed by atoms with Crippen LogP contribution in [0.25, 0.3) is 0 Å². The Bertz CT molecular complexity index is 486. The van der Waals surface area contributed by atoms with E-state index in [2.05, 4.69) is 26.1 Å². The van der Waals surface area contributed by atoms with Crippen LogP contribution < -0.4 is 5.32 Å². The highest BCUT2D eigenvalue weighted by Crippen LogP contribution is 2.35.